The lowest BCUT2D eigenvalue weighted by atomic mass is 9.80. The number of hydrogen-bond acceptors (Lipinski definition) is 1. The number of rotatable bonds is 4. The van der Waals surface area contributed by atoms with E-state index in [0.29, 0.717) is 40.2 Å². The zero-order valence-corrected chi connectivity index (χ0v) is 39.4. The zero-order valence-electron chi connectivity index (χ0n) is 39.4. The van der Waals surface area contributed by atoms with Gasteiger partial charge < -0.3 is 9.13 Å². The van der Waals surface area contributed by atoms with Crippen LogP contribution in [0.3, 0.4) is 0 Å². The van der Waals surface area contributed by atoms with Gasteiger partial charge in [0.25, 0.3) is 0 Å². The molecule has 0 bridgehead atoms. The lowest BCUT2D eigenvalue weighted by molar-refractivity contribution is -0.142. The van der Waals surface area contributed by atoms with E-state index in [1.54, 1.807) is 12.1 Å². The summed E-state index contributed by atoms with van der Waals surface area (Å²) in [7, 11) is 0. The van der Waals surface area contributed by atoms with Crippen molar-refractivity contribution in [3.05, 3.63) is 215 Å². The van der Waals surface area contributed by atoms with E-state index in [4.69, 9.17) is 0 Å². The molecule has 0 unspecified atom stereocenters. The third kappa shape index (κ3) is 5.92. The molecule has 0 atom stereocenters. The molecular formula is C63H41F6N3. The Bertz CT molecular complexity index is 4180. The predicted octanol–water partition coefficient (Wildman–Crippen LogP) is 17.7. The Labute approximate surface area is 410 Å². The highest BCUT2D eigenvalue weighted by Crippen LogP contribution is 2.56. The average Bonchev–Trinajstić information content (AvgIpc) is 4.04. The third-order valence-electron chi connectivity index (χ3n) is 15.6. The quantitative estimate of drug-likeness (QED) is 0.162. The summed E-state index contributed by atoms with van der Waals surface area (Å²) in [6.45, 7) is 8.85. The molecule has 0 aliphatic heterocycles. The number of fused-ring (bicyclic) bond motifs is 14. The molecule has 3 nitrogen and oxygen atoms in total. The highest BCUT2D eigenvalue weighted by Gasteiger charge is 2.43. The van der Waals surface area contributed by atoms with E-state index < -0.39 is 34.5 Å². The highest BCUT2D eigenvalue weighted by atomic mass is 19.4. The largest absolute Gasteiger partial charge is 0.417 e. The van der Waals surface area contributed by atoms with E-state index in [0.717, 1.165) is 83.1 Å². The van der Waals surface area contributed by atoms with Crippen molar-refractivity contribution in [2.75, 3.05) is 0 Å². The summed E-state index contributed by atoms with van der Waals surface area (Å²) in [5.74, 6) is 0. The van der Waals surface area contributed by atoms with Gasteiger partial charge in [-0.3, -0.25) is 0 Å². The van der Waals surface area contributed by atoms with Crippen LogP contribution in [0.1, 0.15) is 66.6 Å². The van der Waals surface area contributed by atoms with Crippen LogP contribution in [-0.2, 0) is 23.2 Å². The number of nitrogens with zero attached hydrogens (tertiary/aromatic N) is 3. The molecule has 0 fully saturated rings. The van der Waals surface area contributed by atoms with Crippen LogP contribution >= 0.6 is 0 Å². The number of aromatic nitrogens is 2. The summed E-state index contributed by atoms with van der Waals surface area (Å²) < 4.78 is 94.7. The third-order valence-corrected chi connectivity index (χ3v) is 15.6. The molecule has 11 aromatic rings. The second-order valence-electron chi connectivity index (χ2n) is 20.1. The maximum atomic E-state index is 15.1. The minimum atomic E-state index is -5.11. The molecule has 350 valence electrons. The maximum absolute atomic E-state index is 15.1. The van der Waals surface area contributed by atoms with E-state index in [1.807, 2.05) is 77.4 Å². The molecular weight excluding hydrogens is 913 g/mol. The fraction of sp³-hybridized carbons (Fsp3) is 0.127. The Balaban J connectivity index is 1.17. The van der Waals surface area contributed by atoms with Crippen molar-refractivity contribution in [2.45, 2.75) is 50.9 Å². The second-order valence-corrected chi connectivity index (χ2v) is 20.1. The Morgan fingerprint density at radius 3 is 1.33 bits per heavy atom. The predicted molar refractivity (Wildman–Crippen MR) is 276 cm³/mol. The highest BCUT2D eigenvalue weighted by molar-refractivity contribution is 6.16. The summed E-state index contributed by atoms with van der Waals surface area (Å²) in [6.07, 6.45) is -10.2. The van der Waals surface area contributed by atoms with Gasteiger partial charge in [-0.15, -0.1) is 0 Å². The molecule has 2 aliphatic carbocycles. The van der Waals surface area contributed by atoms with Gasteiger partial charge in [-0.05, 0) is 105 Å². The lowest BCUT2D eigenvalue weighted by Crippen LogP contribution is -2.15. The number of halogens is 6. The van der Waals surface area contributed by atoms with E-state index in [-0.39, 0.29) is 11.0 Å². The Morgan fingerprint density at radius 1 is 0.417 bits per heavy atom. The Hall–Kier alpha value is -8.35. The van der Waals surface area contributed by atoms with Crippen LogP contribution in [0.15, 0.2) is 176 Å². The van der Waals surface area contributed by atoms with Gasteiger partial charge in [-0.25, -0.2) is 0 Å². The molecule has 2 aliphatic rings. The lowest BCUT2D eigenvalue weighted by Gasteiger charge is -2.24. The van der Waals surface area contributed by atoms with Crippen molar-refractivity contribution in [1.82, 2.24) is 9.13 Å². The van der Waals surface area contributed by atoms with Gasteiger partial charge in [0.2, 0.25) is 0 Å². The zero-order chi connectivity index (χ0) is 49.8. The van der Waals surface area contributed by atoms with Crippen molar-refractivity contribution >= 4 is 43.6 Å². The van der Waals surface area contributed by atoms with Gasteiger partial charge >= 0.3 is 12.4 Å². The van der Waals surface area contributed by atoms with E-state index >= 15 is 26.3 Å². The first-order chi connectivity index (χ1) is 34.5. The first kappa shape index (κ1) is 43.7. The minimum absolute atomic E-state index is 0.252. The first-order valence-corrected chi connectivity index (χ1v) is 23.8. The summed E-state index contributed by atoms with van der Waals surface area (Å²) in [6, 6.07) is 55.5. The van der Waals surface area contributed by atoms with E-state index in [9.17, 15) is 5.26 Å². The number of benzene rings is 9. The molecule has 72 heavy (non-hydrogen) atoms. The molecule has 0 saturated carbocycles. The Morgan fingerprint density at radius 2 is 0.847 bits per heavy atom. The SMILES string of the molecule is CC1(C)c2ccccc2-c2ccc3c(c21)c1ccccc1n3-c1cc(C#N)ccc1-c1ccc(-c2c(C(F)(F)F)cccc2C(F)(F)F)cc1-n1c2ccccc2c2c3c(ccc21)-c1ccccc1C3(C)C. The topological polar surface area (TPSA) is 33.6 Å². The summed E-state index contributed by atoms with van der Waals surface area (Å²) in [5, 5.41) is 14.4. The van der Waals surface area contributed by atoms with Crippen LogP contribution in [0, 0.1) is 11.3 Å². The number of nitriles is 1. The van der Waals surface area contributed by atoms with Gasteiger partial charge in [-0.2, -0.15) is 31.6 Å². The van der Waals surface area contributed by atoms with Crippen LogP contribution < -0.4 is 0 Å². The molecule has 13 rings (SSSR count). The fourth-order valence-corrected chi connectivity index (χ4v) is 12.6. The fourth-order valence-electron chi connectivity index (χ4n) is 12.6. The van der Waals surface area contributed by atoms with Crippen molar-refractivity contribution in [2.24, 2.45) is 0 Å². The maximum Gasteiger partial charge on any atom is 0.417 e. The number of para-hydroxylation sites is 2. The minimum Gasteiger partial charge on any atom is -0.309 e. The molecule has 2 heterocycles. The standard InChI is InChI=1S/C63H41F6N3/c1-60(2)45-18-9-5-14-37(45)41-28-30-51-56(58(41)60)43-16-7-11-22-49(43)71(51)53-32-35(34-70)24-26-39(53)40-27-25-36(55-47(62(64,65)66)20-13-21-48(55)63(67,68)69)33-54(40)72-50-23-12-8-17-44(50)57-52(72)31-29-42-38-15-6-10-19-46(38)61(3,4)59(42)57/h5-33H,1-4H3. The molecule has 0 amide bonds. The van der Waals surface area contributed by atoms with Gasteiger partial charge in [0.05, 0.1) is 56.2 Å². The van der Waals surface area contributed by atoms with E-state index in [1.165, 1.54) is 23.3 Å². The van der Waals surface area contributed by atoms with Crippen molar-refractivity contribution in [1.29, 1.82) is 5.26 Å². The van der Waals surface area contributed by atoms with Crippen molar-refractivity contribution in [3.63, 3.8) is 0 Å². The van der Waals surface area contributed by atoms with Gasteiger partial charge in [-0.1, -0.05) is 149 Å². The molecule has 0 radical (unpaired) electrons. The Kier molecular flexibility index (Phi) is 9.00. The second kappa shape index (κ2) is 14.8. The summed E-state index contributed by atoms with van der Waals surface area (Å²) >= 11 is 0. The van der Waals surface area contributed by atoms with Crippen LogP contribution in [0.5, 0.6) is 0 Å². The molecule has 9 aromatic carbocycles. The molecule has 0 N–H and O–H groups in total. The van der Waals surface area contributed by atoms with Crippen LogP contribution in [0.4, 0.5) is 26.3 Å². The molecule has 2 aromatic heterocycles. The molecule has 9 heteroatoms. The van der Waals surface area contributed by atoms with Gasteiger partial charge in [0.1, 0.15) is 0 Å². The van der Waals surface area contributed by atoms with Crippen LogP contribution in [0.25, 0.3) is 99.5 Å². The van der Waals surface area contributed by atoms with Crippen molar-refractivity contribution in [3.8, 4) is 62.0 Å². The molecule has 0 saturated heterocycles. The smallest absolute Gasteiger partial charge is 0.309 e. The van der Waals surface area contributed by atoms with E-state index in [2.05, 4.69) is 99.0 Å². The number of hydrogen-bond donors (Lipinski definition) is 0. The monoisotopic (exact) mass is 953 g/mol. The van der Waals surface area contributed by atoms with Gasteiger partial charge in [0.15, 0.2) is 0 Å². The van der Waals surface area contributed by atoms with Crippen molar-refractivity contribution < 1.29 is 26.3 Å². The average molecular weight is 954 g/mol. The normalized spacial score (nSPS) is 14.5. The summed E-state index contributed by atoms with van der Waals surface area (Å²) in [5.41, 5.74) is 9.95. The van der Waals surface area contributed by atoms with Crippen LogP contribution in [0.2, 0.25) is 0 Å². The summed E-state index contributed by atoms with van der Waals surface area (Å²) in [4.78, 5) is 0. The van der Waals surface area contributed by atoms with Gasteiger partial charge in [0, 0.05) is 49.1 Å². The number of alkyl halides is 6. The van der Waals surface area contributed by atoms with Crippen LogP contribution in [-0.4, -0.2) is 9.13 Å². The molecule has 0 spiro atoms. The first-order valence-electron chi connectivity index (χ1n) is 23.8.